The zero-order chi connectivity index (χ0) is 14.1. The molecule has 0 atom stereocenters. The van der Waals surface area contributed by atoms with Gasteiger partial charge in [-0.2, -0.15) is 0 Å². The van der Waals surface area contributed by atoms with Crippen molar-refractivity contribution in [3.8, 4) is 0 Å². The first-order chi connectivity index (χ1) is 8.03. The Labute approximate surface area is 114 Å². The maximum Gasteiger partial charge on any atom is 0.289 e. The Bertz CT molecular complexity index is 578. The van der Waals surface area contributed by atoms with E-state index in [9.17, 15) is 18.5 Å². The zero-order valence-corrected chi connectivity index (χ0v) is 12.5. The second-order valence-corrected chi connectivity index (χ2v) is 7.29. The molecule has 0 aliphatic heterocycles. The highest BCUT2D eigenvalue weighted by atomic mass is 79.9. The molecule has 0 fully saturated rings. The average molecular weight is 337 g/mol. The molecule has 1 rings (SSSR count). The van der Waals surface area contributed by atoms with Crippen molar-refractivity contribution in [2.45, 2.75) is 31.2 Å². The summed E-state index contributed by atoms with van der Waals surface area (Å²) in [5, 5.41) is 10.8. The number of nitrogens with one attached hydrogen (secondary N) is 1. The molecule has 1 aromatic rings. The van der Waals surface area contributed by atoms with Crippen molar-refractivity contribution < 1.29 is 13.3 Å². The number of sulfonamides is 1. The number of benzene rings is 1. The molecule has 0 aliphatic carbocycles. The van der Waals surface area contributed by atoms with Gasteiger partial charge in [-0.3, -0.25) is 10.1 Å². The van der Waals surface area contributed by atoms with Crippen molar-refractivity contribution in [1.82, 2.24) is 4.72 Å². The summed E-state index contributed by atoms with van der Waals surface area (Å²) < 4.78 is 27.0. The third-order valence-electron chi connectivity index (χ3n) is 1.85. The van der Waals surface area contributed by atoms with E-state index in [1.165, 1.54) is 12.1 Å². The van der Waals surface area contributed by atoms with Crippen LogP contribution in [0.5, 0.6) is 0 Å². The van der Waals surface area contributed by atoms with Gasteiger partial charge in [-0.05, 0) is 32.9 Å². The van der Waals surface area contributed by atoms with Gasteiger partial charge in [0.25, 0.3) is 5.69 Å². The van der Waals surface area contributed by atoms with Gasteiger partial charge in [0.15, 0.2) is 4.90 Å². The molecule has 0 spiro atoms. The molecule has 8 heteroatoms. The molecule has 0 amide bonds. The third-order valence-corrected chi connectivity index (χ3v) is 4.13. The first kappa shape index (κ1) is 15.1. The smallest absolute Gasteiger partial charge is 0.258 e. The van der Waals surface area contributed by atoms with Crippen molar-refractivity contribution in [2.75, 3.05) is 0 Å². The van der Waals surface area contributed by atoms with Crippen molar-refractivity contribution in [2.24, 2.45) is 0 Å². The Morgan fingerprint density at radius 2 is 1.89 bits per heavy atom. The standard InChI is InChI=1S/C10H13BrN2O4S/c1-10(2,3)12-18(16,17)9-6-7(11)4-5-8(9)13(14)15/h4-6,12H,1-3H3. The van der Waals surface area contributed by atoms with Gasteiger partial charge in [0, 0.05) is 16.1 Å². The average Bonchev–Trinajstić information content (AvgIpc) is 2.13. The summed E-state index contributed by atoms with van der Waals surface area (Å²) in [4.78, 5) is 9.77. The third kappa shape index (κ3) is 3.76. The number of nitro benzene ring substituents is 1. The van der Waals surface area contributed by atoms with E-state index in [1.54, 1.807) is 20.8 Å². The number of nitrogens with zero attached hydrogens (tertiary/aromatic N) is 1. The van der Waals surface area contributed by atoms with E-state index in [0.717, 1.165) is 6.07 Å². The molecule has 0 radical (unpaired) electrons. The minimum absolute atomic E-state index is 0.350. The van der Waals surface area contributed by atoms with Crippen LogP contribution in [0.2, 0.25) is 0 Å². The zero-order valence-electron chi connectivity index (χ0n) is 10.1. The molecule has 0 saturated heterocycles. The fourth-order valence-electron chi connectivity index (χ4n) is 1.31. The quantitative estimate of drug-likeness (QED) is 0.678. The maximum atomic E-state index is 12.1. The van der Waals surface area contributed by atoms with E-state index in [-0.39, 0.29) is 4.90 Å². The summed E-state index contributed by atoms with van der Waals surface area (Å²) >= 11 is 3.10. The van der Waals surface area contributed by atoms with Gasteiger partial charge in [-0.25, -0.2) is 13.1 Å². The molecular formula is C10H13BrN2O4S. The molecule has 0 aromatic heterocycles. The van der Waals surface area contributed by atoms with Crippen molar-refractivity contribution in [1.29, 1.82) is 0 Å². The predicted octanol–water partition coefficient (Wildman–Crippen LogP) is 2.43. The second kappa shape index (κ2) is 4.94. The van der Waals surface area contributed by atoms with E-state index >= 15 is 0 Å². The SMILES string of the molecule is CC(C)(C)NS(=O)(=O)c1cc(Br)ccc1[N+](=O)[O-]. The van der Waals surface area contributed by atoms with Crippen LogP contribution < -0.4 is 4.72 Å². The Hall–Kier alpha value is -0.990. The highest BCUT2D eigenvalue weighted by Crippen LogP contribution is 2.27. The largest absolute Gasteiger partial charge is 0.289 e. The molecule has 0 unspecified atom stereocenters. The summed E-state index contributed by atoms with van der Waals surface area (Å²) in [5.41, 5.74) is -1.16. The summed E-state index contributed by atoms with van der Waals surface area (Å²) in [6, 6.07) is 3.79. The van der Waals surface area contributed by atoms with Crippen molar-refractivity contribution in [3.63, 3.8) is 0 Å². The molecule has 18 heavy (non-hydrogen) atoms. The van der Waals surface area contributed by atoms with Gasteiger partial charge in [-0.1, -0.05) is 15.9 Å². The Kier molecular flexibility index (Phi) is 4.14. The Morgan fingerprint density at radius 1 is 1.33 bits per heavy atom. The minimum atomic E-state index is -3.94. The van der Waals surface area contributed by atoms with E-state index < -0.39 is 26.2 Å². The van der Waals surface area contributed by atoms with Crippen LogP contribution in [0.25, 0.3) is 0 Å². The van der Waals surface area contributed by atoms with Crippen LogP contribution >= 0.6 is 15.9 Å². The van der Waals surface area contributed by atoms with E-state index in [2.05, 4.69) is 20.7 Å². The Morgan fingerprint density at radius 3 is 2.33 bits per heavy atom. The minimum Gasteiger partial charge on any atom is -0.258 e. The van der Waals surface area contributed by atoms with Gasteiger partial charge >= 0.3 is 0 Å². The lowest BCUT2D eigenvalue weighted by molar-refractivity contribution is -0.387. The molecule has 100 valence electrons. The second-order valence-electron chi connectivity index (χ2n) is 4.72. The van der Waals surface area contributed by atoms with Crippen LogP contribution in [0, 0.1) is 10.1 Å². The number of hydrogen-bond donors (Lipinski definition) is 1. The molecule has 6 nitrogen and oxygen atoms in total. The lowest BCUT2D eigenvalue weighted by Crippen LogP contribution is -2.40. The molecule has 1 N–H and O–H groups in total. The molecular weight excluding hydrogens is 324 g/mol. The normalized spacial score (nSPS) is 12.4. The fraction of sp³-hybridized carbons (Fsp3) is 0.400. The van der Waals surface area contributed by atoms with Crippen LogP contribution in [0.1, 0.15) is 20.8 Å². The van der Waals surface area contributed by atoms with E-state index in [0.29, 0.717) is 4.47 Å². The number of nitro groups is 1. The summed E-state index contributed by atoms with van der Waals surface area (Å²) in [7, 11) is -3.94. The van der Waals surface area contributed by atoms with Crippen LogP contribution in [0.3, 0.4) is 0 Å². The highest BCUT2D eigenvalue weighted by Gasteiger charge is 2.29. The molecule has 0 heterocycles. The number of halogens is 1. The fourth-order valence-corrected chi connectivity index (χ4v) is 3.44. The summed E-state index contributed by atoms with van der Waals surface area (Å²) in [6.07, 6.45) is 0. The first-order valence-corrected chi connectivity index (χ1v) is 7.28. The number of hydrogen-bond acceptors (Lipinski definition) is 4. The molecule has 0 aliphatic rings. The van der Waals surface area contributed by atoms with Crippen LogP contribution in [0.4, 0.5) is 5.69 Å². The molecule has 0 bridgehead atoms. The lowest BCUT2D eigenvalue weighted by atomic mass is 10.1. The van der Waals surface area contributed by atoms with Gasteiger partial charge in [0.05, 0.1) is 4.92 Å². The maximum absolute atomic E-state index is 12.1. The molecule has 0 saturated carbocycles. The highest BCUT2D eigenvalue weighted by molar-refractivity contribution is 9.10. The van der Waals surface area contributed by atoms with Crippen LogP contribution in [0.15, 0.2) is 27.6 Å². The Balaban J connectivity index is 3.40. The van der Waals surface area contributed by atoms with E-state index in [4.69, 9.17) is 0 Å². The van der Waals surface area contributed by atoms with Crippen LogP contribution in [-0.2, 0) is 10.0 Å². The predicted molar refractivity (Wildman–Crippen MR) is 70.9 cm³/mol. The summed E-state index contributed by atoms with van der Waals surface area (Å²) in [6.45, 7) is 4.98. The van der Waals surface area contributed by atoms with Crippen LogP contribution in [-0.4, -0.2) is 18.9 Å². The number of rotatable bonds is 3. The lowest BCUT2D eigenvalue weighted by Gasteiger charge is -2.20. The summed E-state index contributed by atoms with van der Waals surface area (Å²) in [5.74, 6) is 0. The molecule has 1 aromatic carbocycles. The van der Waals surface area contributed by atoms with E-state index in [1.807, 2.05) is 0 Å². The van der Waals surface area contributed by atoms with Gasteiger partial charge in [0.2, 0.25) is 10.0 Å². The van der Waals surface area contributed by atoms with Gasteiger partial charge in [0.1, 0.15) is 0 Å². The first-order valence-electron chi connectivity index (χ1n) is 5.01. The monoisotopic (exact) mass is 336 g/mol. The van der Waals surface area contributed by atoms with Gasteiger partial charge < -0.3 is 0 Å². The topological polar surface area (TPSA) is 89.3 Å². The van der Waals surface area contributed by atoms with Gasteiger partial charge in [-0.15, -0.1) is 0 Å². The van der Waals surface area contributed by atoms with Crippen molar-refractivity contribution >= 4 is 31.6 Å². The van der Waals surface area contributed by atoms with Crippen molar-refractivity contribution in [3.05, 3.63) is 32.8 Å².